The van der Waals surface area contributed by atoms with Crippen LogP contribution in [0.3, 0.4) is 0 Å². The van der Waals surface area contributed by atoms with E-state index in [0.717, 1.165) is 16.7 Å². The predicted octanol–water partition coefficient (Wildman–Crippen LogP) is -4.94. The van der Waals surface area contributed by atoms with E-state index >= 15 is 0 Å². The first-order valence-electron chi connectivity index (χ1n) is 20.4. The summed E-state index contributed by atoms with van der Waals surface area (Å²) < 4.78 is 0. The maximum atomic E-state index is 14.4. The average molecular weight is 903 g/mol. The summed E-state index contributed by atoms with van der Waals surface area (Å²) in [6, 6.07) is -4.83. The molecule has 24 heteroatoms. The third-order valence-corrected chi connectivity index (χ3v) is 12.5. The SMILES string of the molecule is CC[C@H](C)[C@@H]1NC(=O)CNC(=O)C2Cc3c([nH]c4c(O)cccc34)SCC(NC(=O)CNC1=O)C(=O)NC(CC(N)=O)C(=O)N1C[C@H](O)C[C@H]1C(=O)N[C@@H]([C@@H](C)[C@@H](O)CO)C(=O)N2. The molecule has 0 spiro atoms. The first kappa shape index (κ1) is 48.1. The number of nitrogens with two attached hydrogens (primary N) is 1. The van der Waals surface area contributed by atoms with Gasteiger partial charge in [0.25, 0.3) is 0 Å². The van der Waals surface area contributed by atoms with Crippen LogP contribution < -0.4 is 43.0 Å². The number of nitrogens with zero attached hydrogens (tertiary/aromatic N) is 1. The Kier molecular flexibility index (Phi) is 16.0. The molecule has 14 N–H and O–H groups in total. The lowest BCUT2D eigenvalue weighted by atomic mass is 9.93. The molecule has 5 rings (SSSR count). The highest BCUT2D eigenvalue weighted by Gasteiger charge is 2.45. The minimum atomic E-state index is -1.75. The molecule has 2 aromatic rings. The molecule has 1 saturated heterocycles. The monoisotopic (exact) mass is 902 g/mol. The molecule has 10 atom stereocenters. The van der Waals surface area contributed by atoms with Gasteiger partial charge in [-0.15, -0.1) is 11.8 Å². The van der Waals surface area contributed by atoms with E-state index in [1.165, 1.54) is 19.1 Å². The zero-order chi connectivity index (χ0) is 46.3. The summed E-state index contributed by atoms with van der Waals surface area (Å²) in [6.07, 6.45) is -4.06. The van der Waals surface area contributed by atoms with E-state index in [1.807, 2.05) is 0 Å². The number of phenolic OH excluding ortho intramolecular Hbond substituents is 1. The van der Waals surface area contributed by atoms with Gasteiger partial charge >= 0.3 is 0 Å². The Morgan fingerprint density at radius 1 is 0.873 bits per heavy atom. The van der Waals surface area contributed by atoms with Gasteiger partial charge in [0.05, 0.1) is 48.9 Å². The number of amides is 9. The van der Waals surface area contributed by atoms with Crippen LogP contribution in [-0.4, -0.2) is 164 Å². The van der Waals surface area contributed by atoms with Gasteiger partial charge in [-0.1, -0.05) is 39.3 Å². The number of thioether (sulfide) groups is 1. The number of H-pyrrole nitrogens is 1. The van der Waals surface area contributed by atoms with Crippen molar-refractivity contribution in [1.82, 2.24) is 47.1 Å². The maximum Gasteiger partial charge on any atom is 0.246 e. The lowest BCUT2D eigenvalue weighted by Gasteiger charge is -2.32. The van der Waals surface area contributed by atoms with Crippen LogP contribution in [0.25, 0.3) is 10.9 Å². The third kappa shape index (κ3) is 11.5. The second-order valence-electron chi connectivity index (χ2n) is 15.9. The fourth-order valence-electron chi connectivity index (χ4n) is 7.58. The first-order chi connectivity index (χ1) is 29.8. The van der Waals surface area contributed by atoms with Crippen molar-refractivity contribution in [2.75, 3.05) is 32.0 Å². The molecule has 0 aliphatic carbocycles. The summed E-state index contributed by atoms with van der Waals surface area (Å²) in [4.78, 5) is 128. The van der Waals surface area contributed by atoms with E-state index in [4.69, 9.17) is 5.73 Å². The van der Waals surface area contributed by atoms with E-state index in [1.54, 1.807) is 19.9 Å². The van der Waals surface area contributed by atoms with Gasteiger partial charge in [-0.25, -0.2) is 0 Å². The molecule has 3 aliphatic heterocycles. The number of para-hydroxylation sites is 1. The number of primary amides is 1. The fraction of sp³-hybridized carbons (Fsp3) is 0.564. The third-order valence-electron chi connectivity index (χ3n) is 11.4. The number of nitrogens with one attached hydrogen (secondary N) is 8. The Bertz CT molecular complexity index is 2120. The minimum absolute atomic E-state index is 0.181. The van der Waals surface area contributed by atoms with Gasteiger partial charge in [-0.2, -0.15) is 0 Å². The zero-order valence-electron chi connectivity index (χ0n) is 34.8. The van der Waals surface area contributed by atoms with Crippen molar-refractivity contribution in [2.24, 2.45) is 17.6 Å². The van der Waals surface area contributed by atoms with Crippen LogP contribution in [0.1, 0.15) is 45.6 Å². The molecular weight excluding hydrogens is 849 g/mol. The number of phenols is 1. The van der Waals surface area contributed by atoms with Crippen molar-refractivity contribution >= 4 is 75.8 Å². The highest BCUT2D eigenvalue weighted by Crippen LogP contribution is 2.35. The van der Waals surface area contributed by atoms with Gasteiger partial charge < -0.3 is 73.3 Å². The van der Waals surface area contributed by atoms with Crippen molar-refractivity contribution in [1.29, 1.82) is 0 Å². The Hall–Kier alpha value is -5.98. The molecule has 4 heterocycles. The number of carbonyl (C=O) groups is 9. The minimum Gasteiger partial charge on any atom is -0.506 e. The lowest BCUT2D eigenvalue weighted by Crippen LogP contribution is -2.62. The molecule has 344 valence electrons. The molecule has 23 nitrogen and oxygen atoms in total. The topological polar surface area (TPSA) is 364 Å². The van der Waals surface area contributed by atoms with Gasteiger partial charge in [-0.05, 0) is 17.5 Å². The normalized spacial score (nSPS) is 27.6. The van der Waals surface area contributed by atoms with Crippen LogP contribution >= 0.6 is 11.8 Å². The summed E-state index contributed by atoms with van der Waals surface area (Å²) in [7, 11) is 0. The molecule has 0 radical (unpaired) electrons. The van der Waals surface area contributed by atoms with Gasteiger partial charge in [0.1, 0.15) is 42.0 Å². The molecule has 2 bridgehead atoms. The van der Waals surface area contributed by atoms with E-state index in [-0.39, 0.29) is 34.9 Å². The van der Waals surface area contributed by atoms with Crippen molar-refractivity contribution in [3.8, 4) is 5.75 Å². The summed E-state index contributed by atoms with van der Waals surface area (Å²) in [5.74, 6) is -10.8. The number of aliphatic hydroxyl groups is 3. The Morgan fingerprint density at radius 3 is 2.22 bits per heavy atom. The summed E-state index contributed by atoms with van der Waals surface area (Å²) >= 11 is 0.923. The smallest absolute Gasteiger partial charge is 0.246 e. The summed E-state index contributed by atoms with van der Waals surface area (Å²) in [6.45, 7) is 2.05. The van der Waals surface area contributed by atoms with Crippen molar-refractivity contribution in [2.45, 2.75) is 99.9 Å². The molecule has 3 unspecified atom stereocenters. The second-order valence-corrected chi connectivity index (χ2v) is 16.9. The van der Waals surface area contributed by atoms with E-state index in [2.05, 4.69) is 42.2 Å². The van der Waals surface area contributed by atoms with Crippen LogP contribution in [0, 0.1) is 11.8 Å². The van der Waals surface area contributed by atoms with Gasteiger partial charge in [0, 0.05) is 36.4 Å². The molecule has 0 saturated carbocycles. The number of hydrogen-bond acceptors (Lipinski definition) is 14. The number of fused-ring (bicyclic) bond motifs is 5. The van der Waals surface area contributed by atoms with Gasteiger partial charge in [0.15, 0.2) is 0 Å². The van der Waals surface area contributed by atoms with Gasteiger partial charge in [-0.3, -0.25) is 43.2 Å². The number of aromatic amines is 1. The Balaban J connectivity index is 1.71. The van der Waals surface area contributed by atoms with Crippen molar-refractivity contribution in [3.05, 3.63) is 23.8 Å². The first-order valence-corrected chi connectivity index (χ1v) is 21.4. The molecular formula is C39H54N10O13S. The maximum absolute atomic E-state index is 14.4. The number of aliphatic hydroxyl groups excluding tert-OH is 3. The van der Waals surface area contributed by atoms with Crippen LogP contribution in [0.2, 0.25) is 0 Å². The average Bonchev–Trinajstić information content (AvgIpc) is 3.82. The zero-order valence-corrected chi connectivity index (χ0v) is 35.6. The number of aromatic nitrogens is 1. The molecule has 3 aliphatic rings. The summed E-state index contributed by atoms with van der Waals surface area (Å²) in [5.41, 5.74) is 5.98. The number of benzene rings is 1. The fourth-order valence-corrected chi connectivity index (χ4v) is 8.69. The van der Waals surface area contributed by atoms with E-state index in [9.17, 15) is 63.6 Å². The van der Waals surface area contributed by atoms with Gasteiger partial charge in [0.2, 0.25) is 53.2 Å². The van der Waals surface area contributed by atoms with Crippen LogP contribution in [0.15, 0.2) is 23.2 Å². The highest BCUT2D eigenvalue weighted by atomic mass is 32.2. The van der Waals surface area contributed by atoms with Crippen LogP contribution in [0.4, 0.5) is 0 Å². The Labute approximate surface area is 364 Å². The van der Waals surface area contributed by atoms with Crippen molar-refractivity contribution < 1.29 is 63.6 Å². The molecule has 1 fully saturated rings. The van der Waals surface area contributed by atoms with Crippen molar-refractivity contribution in [3.63, 3.8) is 0 Å². The quantitative estimate of drug-likeness (QED) is 0.124. The highest BCUT2D eigenvalue weighted by molar-refractivity contribution is 7.99. The molecule has 1 aromatic heterocycles. The molecule has 63 heavy (non-hydrogen) atoms. The number of carbonyl (C=O) groups excluding carboxylic acids is 9. The second kappa shape index (κ2) is 20.9. The number of rotatable bonds is 7. The number of aromatic hydroxyl groups is 1. The van der Waals surface area contributed by atoms with Crippen LogP contribution in [-0.2, 0) is 49.6 Å². The predicted molar refractivity (Wildman–Crippen MR) is 222 cm³/mol. The molecule has 1 aromatic carbocycles. The standard InChI is InChI=1S/C39H54N10O13S/c1-4-16(2)30-36(60)42-11-28(55)43-23-15-63-38-20(19-6-5-7-25(52)32(19)48-38)9-21(33(57)41-12-29(56)46-30)44-37(61)31(17(3)26(53)14-50)47-35(59)24-8-18(51)13-49(24)39(62)22(10-27(40)54)45-34(23)58/h5-7,16-18,21-24,26,30-31,48,50-53H,4,8-15H2,1-3H3,(H2,40,54)(H,41,57)(H,42,60)(H,43,55)(H,44,61)(H,45,58)(H,46,56)(H,47,59)/t16-,17-,18+,21?,22?,23?,24-,26-,30-,31-/m0/s1. The van der Waals surface area contributed by atoms with E-state index in [0.29, 0.717) is 17.4 Å². The Morgan fingerprint density at radius 2 is 1.56 bits per heavy atom. The summed E-state index contributed by atoms with van der Waals surface area (Å²) in [5, 5.41) is 60.2. The number of hydrogen-bond donors (Lipinski definition) is 13. The van der Waals surface area contributed by atoms with E-state index < -0.39 is 146 Å². The van der Waals surface area contributed by atoms with Crippen LogP contribution in [0.5, 0.6) is 5.75 Å². The lowest BCUT2D eigenvalue weighted by molar-refractivity contribution is -0.144. The largest absolute Gasteiger partial charge is 0.506 e. The molecule has 9 amide bonds.